The van der Waals surface area contributed by atoms with Crippen molar-refractivity contribution in [2.75, 3.05) is 33.9 Å². The van der Waals surface area contributed by atoms with Gasteiger partial charge in [0.25, 0.3) is 5.91 Å². The number of carbonyl (C=O) groups excluding carboxylic acids is 1. The van der Waals surface area contributed by atoms with Crippen molar-refractivity contribution in [1.82, 2.24) is 9.80 Å². The lowest BCUT2D eigenvalue weighted by molar-refractivity contribution is 0.0546. The lowest BCUT2D eigenvalue weighted by atomic mass is 9.98. The van der Waals surface area contributed by atoms with Crippen molar-refractivity contribution in [1.29, 1.82) is 0 Å². The van der Waals surface area contributed by atoms with Gasteiger partial charge in [0.15, 0.2) is 11.5 Å². The highest BCUT2D eigenvalue weighted by Gasteiger charge is 2.29. The number of piperidine rings is 1. The van der Waals surface area contributed by atoms with Crippen LogP contribution in [0.25, 0.3) is 11.1 Å². The minimum atomic E-state index is 0.139. The van der Waals surface area contributed by atoms with E-state index in [0.29, 0.717) is 18.2 Å². The largest absolute Gasteiger partial charge is 0.493 e. The highest BCUT2D eigenvalue weighted by Crippen LogP contribution is 2.32. The summed E-state index contributed by atoms with van der Waals surface area (Å²) in [5, 5.41) is 0. The van der Waals surface area contributed by atoms with Gasteiger partial charge in [0, 0.05) is 31.2 Å². The predicted octanol–water partition coefficient (Wildman–Crippen LogP) is 8.26. The fourth-order valence-electron chi connectivity index (χ4n) is 5.84. The van der Waals surface area contributed by atoms with Gasteiger partial charge in [-0.1, -0.05) is 76.1 Å². The summed E-state index contributed by atoms with van der Waals surface area (Å²) in [7, 11) is 3.31. The second-order valence-electron chi connectivity index (χ2n) is 12.1. The first-order chi connectivity index (χ1) is 20.4. The van der Waals surface area contributed by atoms with Crippen molar-refractivity contribution < 1.29 is 14.3 Å². The van der Waals surface area contributed by atoms with Crippen molar-refractivity contribution in [2.45, 2.75) is 78.3 Å². The zero-order valence-electron chi connectivity index (χ0n) is 26.4. The second kappa shape index (κ2) is 15.8. The number of hydrogen-bond donors (Lipinski definition) is 0. The normalized spacial score (nSPS) is 14.2. The van der Waals surface area contributed by atoms with Crippen LogP contribution in [0.4, 0.5) is 0 Å². The first kappa shape index (κ1) is 31.6. The van der Waals surface area contributed by atoms with E-state index in [1.807, 2.05) is 30.3 Å². The van der Waals surface area contributed by atoms with E-state index in [2.05, 4.69) is 67.0 Å². The molecular formula is C37H50N2O3. The van der Waals surface area contributed by atoms with Crippen LogP contribution in [0.1, 0.15) is 80.8 Å². The van der Waals surface area contributed by atoms with Gasteiger partial charge in [0.1, 0.15) is 0 Å². The topological polar surface area (TPSA) is 42.0 Å². The van der Waals surface area contributed by atoms with Crippen molar-refractivity contribution in [3.8, 4) is 22.6 Å². The van der Waals surface area contributed by atoms with Gasteiger partial charge >= 0.3 is 0 Å². The summed E-state index contributed by atoms with van der Waals surface area (Å²) >= 11 is 0. The van der Waals surface area contributed by atoms with Crippen LogP contribution in [-0.2, 0) is 13.0 Å². The molecule has 3 aromatic rings. The third kappa shape index (κ3) is 8.61. The van der Waals surface area contributed by atoms with Crippen LogP contribution in [0.3, 0.4) is 0 Å². The molecule has 3 aromatic carbocycles. The van der Waals surface area contributed by atoms with Gasteiger partial charge in [0.05, 0.1) is 14.2 Å². The Morgan fingerprint density at radius 1 is 0.857 bits per heavy atom. The Kier molecular flexibility index (Phi) is 11.9. The van der Waals surface area contributed by atoms with Crippen LogP contribution in [0.5, 0.6) is 11.5 Å². The minimum Gasteiger partial charge on any atom is -0.493 e. The highest BCUT2D eigenvalue weighted by molar-refractivity contribution is 5.94. The van der Waals surface area contributed by atoms with Crippen LogP contribution in [0.2, 0.25) is 0 Å². The molecule has 42 heavy (non-hydrogen) atoms. The number of nitrogens with zero attached hydrogens (tertiary/aromatic N) is 2. The summed E-state index contributed by atoms with van der Waals surface area (Å²) in [5.41, 5.74) is 5.43. The summed E-state index contributed by atoms with van der Waals surface area (Å²) in [6.45, 7) is 10.7. The maximum absolute atomic E-state index is 14.0. The van der Waals surface area contributed by atoms with E-state index in [1.54, 1.807) is 14.2 Å². The zero-order valence-corrected chi connectivity index (χ0v) is 26.4. The number of aryl methyl sites for hydroxylation is 1. The number of likely N-dealkylation sites (tertiary alicyclic amines) is 1. The Hall–Kier alpha value is -3.31. The molecule has 0 saturated carbocycles. The Morgan fingerprint density at radius 2 is 1.50 bits per heavy atom. The Morgan fingerprint density at radius 3 is 2.12 bits per heavy atom. The molecule has 0 aliphatic carbocycles. The molecule has 5 heteroatoms. The van der Waals surface area contributed by atoms with E-state index in [1.165, 1.54) is 31.2 Å². The van der Waals surface area contributed by atoms with Gasteiger partial charge in [0.2, 0.25) is 0 Å². The van der Waals surface area contributed by atoms with Gasteiger partial charge < -0.3 is 19.3 Å². The molecule has 1 amide bonds. The zero-order chi connectivity index (χ0) is 29.9. The van der Waals surface area contributed by atoms with Crippen molar-refractivity contribution in [2.24, 2.45) is 5.92 Å². The molecule has 4 rings (SSSR count). The maximum atomic E-state index is 14.0. The summed E-state index contributed by atoms with van der Waals surface area (Å²) in [6, 6.07) is 23.2. The maximum Gasteiger partial charge on any atom is 0.254 e. The molecule has 0 atom stereocenters. The molecule has 0 aromatic heterocycles. The standard InChI is InChI=1S/C37H50N2O3/c1-6-7-8-9-29-10-16-32(17-11-29)37(40)39(34-21-24-38(25-22-34)23-20-28(2)3)27-30-12-14-31(15-13-30)33-18-19-35(41-4)36(26-33)42-5/h10-19,26,28,34H,6-9,20-25,27H2,1-5H3. The van der Waals surface area contributed by atoms with Gasteiger partial charge in [-0.15, -0.1) is 0 Å². The molecule has 1 aliphatic rings. The van der Waals surface area contributed by atoms with E-state index >= 15 is 0 Å². The third-order valence-corrected chi connectivity index (χ3v) is 8.58. The van der Waals surface area contributed by atoms with Crippen LogP contribution < -0.4 is 9.47 Å². The van der Waals surface area contributed by atoms with E-state index in [4.69, 9.17) is 9.47 Å². The lowest BCUT2D eigenvalue weighted by Gasteiger charge is -2.39. The average molecular weight is 571 g/mol. The van der Waals surface area contributed by atoms with Crippen molar-refractivity contribution in [3.05, 3.63) is 83.4 Å². The average Bonchev–Trinajstić information content (AvgIpc) is 3.03. The summed E-state index contributed by atoms with van der Waals surface area (Å²) in [5.74, 6) is 2.29. The molecule has 1 fully saturated rings. The van der Waals surface area contributed by atoms with Crippen molar-refractivity contribution >= 4 is 5.91 Å². The number of rotatable bonds is 14. The molecule has 226 valence electrons. The SMILES string of the molecule is CCCCCc1ccc(C(=O)N(Cc2ccc(-c3ccc(OC)c(OC)c3)cc2)C2CCN(CCC(C)C)CC2)cc1. The van der Waals surface area contributed by atoms with E-state index in [9.17, 15) is 4.79 Å². The number of unbranched alkanes of at least 4 members (excludes halogenated alkanes) is 2. The molecule has 0 N–H and O–H groups in total. The van der Waals surface area contributed by atoms with Gasteiger partial charge in [-0.05, 0) is 91.1 Å². The van der Waals surface area contributed by atoms with Gasteiger partial charge in [-0.3, -0.25) is 4.79 Å². The molecule has 0 unspecified atom stereocenters. The molecule has 1 heterocycles. The van der Waals surface area contributed by atoms with E-state index in [-0.39, 0.29) is 11.9 Å². The monoisotopic (exact) mass is 570 g/mol. The summed E-state index contributed by atoms with van der Waals surface area (Å²) in [6.07, 6.45) is 8.00. The van der Waals surface area contributed by atoms with Gasteiger partial charge in [-0.2, -0.15) is 0 Å². The van der Waals surface area contributed by atoms with Crippen molar-refractivity contribution in [3.63, 3.8) is 0 Å². The number of ether oxygens (including phenoxy) is 2. The Balaban J connectivity index is 1.50. The van der Waals surface area contributed by atoms with E-state index in [0.717, 1.165) is 66.9 Å². The molecule has 0 bridgehead atoms. The quantitative estimate of drug-likeness (QED) is 0.183. The highest BCUT2D eigenvalue weighted by atomic mass is 16.5. The summed E-state index contributed by atoms with van der Waals surface area (Å²) < 4.78 is 10.9. The molecule has 1 aliphatic heterocycles. The molecule has 1 saturated heterocycles. The first-order valence-corrected chi connectivity index (χ1v) is 15.9. The summed E-state index contributed by atoms with van der Waals surface area (Å²) in [4.78, 5) is 18.7. The Labute approximate surface area is 253 Å². The third-order valence-electron chi connectivity index (χ3n) is 8.58. The van der Waals surface area contributed by atoms with Crippen LogP contribution in [0, 0.1) is 5.92 Å². The fourth-order valence-corrected chi connectivity index (χ4v) is 5.84. The number of carbonyl (C=O) groups is 1. The molecule has 5 nitrogen and oxygen atoms in total. The van der Waals surface area contributed by atoms with Crippen LogP contribution in [-0.4, -0.2) is 55.6 Å². The van der Waals surface area contributed by atoms with Gasteiger partial charge in [-0.25, -0.2) is 0 Å². The smallest absolute Gasteiger partial charge is 0.254 e. The lowest BCUT2D eigenvalue weighted by Crippen LogP contribution is -2.47. The second-order valence-corrected chi connectivity index (χ2v) is 12.1. The Bertz CT molecular complexity index is 1250. The van der Waals surface area contributed by atoms with Crippen LogP contribution >= 0.6 is 0 Å². The molecular weight excluding hydrogens is 520 g/mol. The van der Waals surface area contributed by atoms with Crippen LogP contribution in [0.15, 0.2) is 66.7 Å². The number of benzene rings is 3. The fraction of sp³-hybridized carbons (Fsp3) is 0.486. The minimum absolute atomic E-state index is 0.139. The number of hydrogen-bond acceptors (Lipinski definition) is 4. The number of methoxy groups -OCH3 is 2. The number of amides is 1. The molecule has 0 spiro atoms. The first-order valence-electron chi connectivity index (χ1n) is 15.9. The molecule has 0 radical (unpaired) electrons. The predicted molar refractivity (Wildman–Crippen MR) is 173 cm³/mol. The van der Waals surface area contributed by atoms with E-state index < -0.39 is 0 Å².